The summed E-state index contributed by atoms with van der Waals surface area (Å²) in [5.74, 6) is -0.992. The molecule has 5 heteroatoms. The first-order valence-electron chi connectivity index (χ1n) is 7.29. The maximum absolute atomic E-state index is 12.8. The molecule has 2 N–H and O–H groups in total. The van der Waals surface area contributed by atoms with E-state index < -0.39 is 11.9 Å². The van der Waals surface area contributed by atoms with Crippen molar-refractivity contribution in [3.63, 3.8) is 0 Å². The van der Waals surface area contributed by atoms with Gasteiger partial charge in [0.15, 0.2) is 0 Å². The van der Waals surface area contributed by atoms with Gasteiger partial charge >= 0.3 is 0 Å². The molecule has 0 bridgehead atoms. The summed E-state index contributed by atoms with van der Waals surface area (Å²) >= 11 is 0. The van der Waals surface area contributed by atoms with Crippen LogP contribution in [0.2, 0.25) is 0 Å². The van der Waals surface area contributed by atoms with Crippen LogP contribution in [0.4, 0.5) is 4.39 Å². The number of rotatable bonds is 7. The minimum Gasteiger partial charge on any atom is -0.354 e. The Kier molecular flexibility index (Phi) is 6.85. The first-order valence-corrected chi connectivity index (χ1v) is 7.29. The average molecular weight is 294 g/mol. The number of nitrogens with one attached hydrogen (secondary N) is 2. The summed E-state index contributed by atoms with van der Waals surface area (Å²) in [5, 5.41) is 5.52. The Morgan fingerprint density at radius 3 is 2.33 bits per heavy atom. The van der Waals surface area contributed by atoms with Gasteiger partial charge in [-0.25, -0.2) is 4.39 Å². The summed E-state index contributed by atoms with van der Waals surface area (Å²) in [6.45, 7) is 6.39. The Bertz CT molecular complexity index is 472. The van der Waals surface area contributed by atoms with Crippen molar-refractivity contribution < 1.29 is 14.0 Å². The summed E-state index contributed by atoms with van der Waals surface area (Å²) in [6.07, 6.45) is 1.90. The highest BCUT2D eigenvalue weighted by Gasteiger charge is 2.24. The average Bonchev–Trinajstić information content (AvgIpc) is 2.45. The van der Waals surface area contributed by atoms with Crippen LogP contribution in [0.15, 0.2) is 24.3 Å². The molecule has 0 saturated carbocycles. The molecule has 2 amide bonds. The number of unbranched alkanes of at least 4 members (excludes halogenated alkanes) is 1. The highest BCUT2D eigenvalue weighted by Crippen LogP contribution is 2.06. The Morgan fingerprint density at radius 2 is 1.81 bits per heavy atom. The first-order chi connectivity index (χ1) is 9.95. The SMILES string of the molecule is CCCCNC(=O)C(NC(=O)c1ccc(F)cc1)C(C)C. The predicted octanol–water partition coefficient (Wildman–Crippen LogP) is 2.50. The lowest BCUT2D eigenvalue weighted by Gasteiger charge is -2.21. The minimum atomic E-state index is -0.598. The molecule has 0 spiro atoms. The number of benzene rings is 1. The van der Waals surface area contributed by atoms with Crippen molar-refractivity contribution in [3.05, 3.63) is 35.6 Å². The third-order valence-corrected chi connectivity index (χ3v) is 3.17. The van der Waals surface area contributed by atoms with Crippen molar-refractivity contribution in [1.29, 1.82) is 0 Å². The van der Waals surface area contributed by atoms with Crippen LogP contribution in [0.25, 0.3) is 0 Å². The Labute approximate surface area is 125 Å². The van der Waals surface area contributed by atoms with E-state index in [0.717, 1.165) is 12.8 Å². The van der Waals surface area contributed by atoms with Gasteiger partial charge in [-0.3, -0.25) is 9.59 Å². The summed E-state index contributed by atoms with van der Waals surface area (Å²) in [5.41, 5.74) is 0.336. The first kappa shape index (κ1) is 17.1. The van der Waals surface area contributed by atoms with Crippen LogP contribution >= 0.6 is 0 Å². The van der Waals surface area contributed by atoms with Gasteiger partial charge < -0.3 is 10.6 Å². The molecule has 0 aliphatic rings. The molecule has 4 nitrogen and oxygen atoms in total. The Balaban J connectivity index is 2.67. The summed E-state index contributed by atoms with van der Waals surface area (Å²) in [6, 6.07) is 4.65. The molecular weight excluding hydrogens is 271 g/mol. The van der Waals surface area contributed by atoms with Crippen molar-refractivity contribution in [2.45, 2.75) is 39.7 Å². The lowest BCUT2D eigenvalue weighted by Crippen LogP contribution is -2.49. The molecule has 1 rings (SSSR count). The fourth-order valence-corrected chi connectivity index (χ4v) is 1.86. The quantitative estimate of drug-likeness (QED) is 0.759. The molecule has 0 saturated heterocycles. The lowest BCUT2D eigenvalue weighted by atomic mass is 10.0. The standard InChI is InChI=1S/C16H23FN2O2/c1-4-5-10-18-16(21)14(11(2)3)19-15(20)12-6-8-13(17)9-7-12/h6-9,11,14H,4-5,10H2,1-3H3,(H,18,21)(H,19,20). The second-order valence-electron chi connectivity index (χ2n) is 5.35. The molecule has 1 aromatic rings. The Hall–Kier alpha value is -1.91. The molecule has 1 atom stereocenters. The number of carbonyl (C=O) groups is 2. The number of carbonyl (C=O) groups excluding carboxylic acids is 2. The van der Waals surface area contributed by atoms with Gasteiger partial charge in [0.05, 0.1) is 0 Å². The molecular formula is C16H23FN2O2. The topological polar surface area (TPSA) is 58.2 Å². The van der Waals surface area contributed by atoms with E-state index in [4.69, 9.17) is 0 Å². The maximum Gasteiger partial charge on any atom is 0.251 e. The van der Waals surface area contributed by atoms with Gasteiger partial charge in [-0.2, -0.15) is 0 Å². The van der Waals surface area contributed by atoms with E-state index in [-0.39, 0.29) is 17.7 Å². The molecule has 1 unspecified atom stereocenters. The van der Waals surface area contributed by atoms with Gasteiger partial charge in [-0.15, -0.1) is 0 Å². The second kappa shape index (κ2) is 8.39. The van der Waals surface area contributed by atoms with Crippen molar-refractivity contribution in [2.75, 3.05) is 6.54 Å². The maximum atomic E-state index is 12.8. The van der Waals surface area contributed by atoms with Crippen LogP contribution in [0.3, 0.4) is 0 Å². The highest BCUT2D eigenvalue weighted by atomic mass is 19.1. The van der Waals surface area contributed by atoms with Gasteiger partial charge in [-0.05, 0) is 36.6 Å². The van der Waals surface area contributed by atoms with E-state index in [1.54, 1.807) is 0 Å². The molecule has 116 valence electrons. The number of hydrogen-bond donors (Lipinski definition) is 2. The third-order valence-electron chi connectivity index (χ3n) is 3.17. The van der Waals surface area contributed by atoms with Gasteiger partial charge in [0, 0.05) is 12.1 Å². The largest absolute Gasteiger partial charge is 0.354 e. The molecule has 0 aliphatic carbocycles. The van der Waals surface area contributed by atoms with E-state index in [0.29, 0.717) is 12.1 Å². The number of hydrogen-bond acceptors (Lipinski definition) is 2. The molecule has 0 radical (unpaired) electrons. The summed E-state index contributed by atoms with van der Waals surface area (Å²) < 4.78 is 12.8. The molecule has 0 heterocycles. The number of amides is 2. The fourth-order valence-electron chi connectivity index (χ4n) is 1.86. The van der Waals surface area contributed by atoms with Crippen LogP contribution in [0.1, 0.15) is 44.0 Å². The zero-order valence-corrected chi connectivity index (χ0v) is 12.8. The normalized spacial score (nSPS) is 12.0. The van der Waals surface area contributed by atoms with Crippen LogP contribution in [0, 0.1) is 11.7 Å². The third kappa shape index (κ3) is 5.53. The van der Waals surface area contributed by atoms with Gasteiger partial charge in [-0.1, -0.05) is 27.2 Å². The second-order valence-corrected chi connectivity index (χ2v) is 5.35. The van der Waals surface area contributed by atoms with Crippen molar-refractivity contribution in [3.8, 4) is 0 Å². The summed E-state index contributed by atoms with van der Waals surface area (Å²) in [7, 11) is 0. The zero-order chi connectivity index (χ0) is 15.8. The molecule has 21 heavy (non-hydrogen) atoms. The van der Waals surface area contributed by atoms with Crippen LogP contribution in [0.5, 0.6) is 0 Å². The molecule has 1 aromatic carbocycles. The molecule has 0 aromatic heterocycles. The predicted molar refractivity (Wildman–Crippen MR) is 80.4 cm³/mol. The summed E-state index contributed by atoms with van der Waals surface area (Å²) in [4.78, 5) is 24.2. The molecule has 0 aliphatic heterocycles. The monoisotopic (exact) mass is 294 g/mol. The van der Waals surface area contributed by atoms with Crippen LogP contribution in [-0.2, 0) is 4.79 Å². The van der Waals surface area contributed by atoms with E-state index in [1.165, 1.54) is 24.3 Å². The van der Waals surface area contributed by atoms with Crippen molar-refractivity contribution in [1.82, 2.24) is 10.6 Å². The highest BCUT2D eigenvalue weighted by molar-refractivity contribution is 5.97. The van der Waals surface area contributed by atoms with E-state index in [2.05, 4.69) is 10.6 Å². The van der Waals surface area contributed by atoms with Gasteiger partial charge in [0.25, 0.3) is 5.91 Å². The van der Waals surface area contributed by atoms with Gasteiger partial charge in [0.2, 0.25) is 5.91 Å². The van der Waals surface area contributed by atoms with E-state index >= 15 is 0 Å². The minimum absolute atomic E-state index is 0.0315. The Morgan fingerprint density at radius 1 is 1.19 bits per heavy atom. The fraction of sp³-hybridized carbons (Fsp3) is 0.500. The van der Waals surface area contributed by atoms with Crippen molar-refractivity contribution in [2.24, 2.45) is 5.92 Å². The van der Waals surface area contributed by atoms with E-state index in [1.807, 2.05) is 20.8 Å². The number of halogens is 1. The smallest absolute Gasteiger partial charge is 0.251 e. The van der Waals surface area contributed by atoms with Crippen molar-refractivity contribution >= 4 is 11.8 Å². The lowest BCUT2D eigenvalue weighted by molar-refractivity contribution is -0.123. The van der Waals surface area contributed by atoms with Crippen LogP contribution < -0.4 is 10.6 Å². The van der Waals surface area contributed by atoms with E-state index in [9.17, 15) is 14.0 Å². The molecule has 0 fully saturated rings. The van der Waals surface area contributed by atoms with Gasteiger partial charge in [0.1, 0.15) is 11.9 Å². The van der Waals surface area contributed by atoms with Crippen LogP contribution in [-0.4, -0.2) is 24.4 Å². The zero-order valence-electron chi connectivity index (χ0n) is 12.8.